The third-order valence-electron chi connectivity index (χ3n) is 3.71. The van der Waals surface area contributed by atoms with Crippen molar-refractivity contribution < 1.29 is 0 Å². The first-order valence-electron chi connectivity index (χ1n) is 8.84. The second-order valence-corrected chi connectivity index (χ2v) is 7.58. The predicted molar refractivity (Wildman–Crippen MR) is 96.3 cm³/mol. The molecule has 0 amide bonds. The van der Waals surface area contributed by atoms with Crippen molar-refractivity contribution in [3.05, 3.63) is 12.2 Å². The third-order valence-corrected chi connectivity index (χ3v) is 5.93. The van der Waals surface area contributed by atoms with Crippen molar-refractivity contribution in [1.82, 2.24) is 9.80 Å². The molecule has 3 heteroatoms. The fourth-order valence-electron chi connectivity index (χ4n) is 2.98. The summed E-state index contributed by atoms with van der Waals surface area (Å²) in [6, 6.07) is 1.34. The molecule has 0 radical (unpaired) electrons. The van der Waals surface area contributed by atoms with E-state index in [1.165, 1.54) is 57.9 Å². The molecule has 0 aromatic heterocycles. The smallest absolute Gasteiger partial charge is 0.0629 e. The Morgan fingerprint density at radius 1 is 0.800 bits per heavy atom. The molecular formula is C17H38N2Si. The summed E-state index contributed by atoms with van der Waals surface area (Å²) in [5, 5.41) is 0. The lowest BCUT2D eigenvalue weighted by atomic mass is 10.3. The van der Waals surface area contributed by atoms with E-state index in [0.717, 1.165) is 5.79 Å². The van der Waals surface area contributed by atoms with E-state index in [4.69, 9.17) is 0 Å². The summed E-state index contributed by atoms with van der Waals surface area (Å²) < 4.78 is 0. The summed E-state index contributed by atoms with van der Waals surface area (Å²) in [6.45, 7) is 16.5. The minimum atomic E-state index is -0.0968. The SMILES string of the molecule is CC=CC[SiH2]C(N(CCC)CCC)N(CCC)CCC. The Labute approximate surface area is 130 Å². The van der Waals surface area contributed by atoms with Gasteiger partial charge in [-0.25, -0.2) is 0 Å². The Bertz CT molecular complexity index is 203. The Kier molecular flexibility index (Phi) is 13.8. The van der Waals surface area contributed by atoms with Gasteiger partial charge < -0.3 is 0 Å². The highest BCUT2D eigenvalue weighted by atomic mass is 28.2. The van der Waals surface area contributed by atoms with Crippen LogP contribution in [-0.2, 0) is 0 Å². The maximum atomic E-state index is 2.78. The summed E-state index contributed by atoms with van der Waals surface area (Å²) in [5.41, 5.74) is 0. The first kappa shape index (κ1) is 19.9. The highest BCUT2D eigenvalue weighted by molar-refractivity contribution is 6.38. The average molecular weight is 299 g/mol. The van der Waals surface area contributed by atoms with Crippen LogP contribution in [0.5, 0.6) is 0 Å². The number of rotatable bonds is 13. The summed E-state index contributed by atoms with van der Waals surface area (Å²) in [7, 11) is -0.0968. The van der Waals surface area contributed by atoms with Gasteiger partial charge in [-0.3, -0.25) is 9.80 Å². The highest BCUT2D eigenvalue weighted by Gasteiger charge is 2.22. The first-order valence-corrected chi connectivity index (χ1v) is 10.7. The second kappa shape index (κ2) is 13.8. The van der Waals surface area contributed by atoms with Gasteiger partial charge in [0.15, 0.2) is 0 Å². The van der Waals surface area contributed by atoms with Gasteiger partial charge in [-0.05, 0) is 64.8 Å². The van der Waals surface area contributed by atoms with Gasteiger partial charge >= 0.3 is 0 Å². The molecule has 0 unspecified atom stereocenters. The Morgan fingerprint density at radius 3 is 1.50 bits per heavy atom. The van der Waals surface area contributed by atoms with Crippen LogP contribution in [0, 0.1) is 0 Å². The number of nitrogens with zero attached hydrogens (tertiary/aromatic N) is 2. The number of hydrogen-bond acceptors (Lipinski definition) is 2. The molecule has 0 fully saturated rings. The van der Waals surface area contributed by atoms with Crippen molar-refractivity contribution in [2.45, 2.75) is 72.1 Å². The molecule has 0 aliphatic carbocycles. The summed E-state index contributed by atoms with van der Waals surface area (Å²) in [4.78, 5) is 5.56. The Balaban J connectivity index is 4.85. The molecular weight excluding hydrogens is 260 g/mol. The quantitative estimate of drug-likeness (QED) is 0.291. The molecule has 20 heavy (non-hydrogen) atoms. The maximum Gasteiger partial charge on any atom is 0.0629 e. The van der Waals surface area contributed by atoms with E-state index >= 15 is 0 Å². The minimum Gasteiger partial charge on any atom is -0.291 e. The third kappa shape index (κ3) is 8.23. The molecule has 0 rings (SSSR count). The molecule has 0 heterocycles. The Hall–Kier alpha value is -0.123. The molecule has 0 N–H and O–H groups in total. The van der Waals surface area contributed by atoms with Gasteiger partial charge in [0.2, 0.25) is 0 Å². The standard InChI is InChI=1S/C17H38N2Si/c1-6-11-16-20-17(18(12-7-2)13-8-3)19(14-9-4)15-10-5/h6,11,17H,7-10,12-16,20H2,1-5H3. The summed E-state index contributed by atoms with van der Waals surface area (Å²) in [6.07, 6.45) is 9.71. The molecule has 120 valence electrons. The normalized spacial score (nSPS) is 13.0. The topological polar surface area (TPSA) is 6.48 Å². The van der Waals surface area contributed by atoms with Gasteiger partial charge in [0, 0.05) is 5.79 Å². The van der Waals surface area contributed by atoms with Crippen LogP contribution in [0.4, 0.5) is 0 Å². The highest BCUT2D eigenvalue weighted by Crippen LogP contribution is 2.11. The lowest BCUT2D eigenvalue weighted by molar-refractivity contribution is 0.0953. The number of hydrogen-bond donors (Lipinski definition) is 0. The van der Waals surface area contributed by atoms with Crippen molar-refractivity contribution in [2.75, 3.05) is 26.2 Å². The van der Waals surface area contributed by atoms with E-state index in [1.807, 2.05) is 0 Å². The van der Waals surface area contributed by atoms with Gasteiger partial charge in [0.05, 0.1) is 9.52 Å². The zero-order valence-electron chi connectivity index (χ0n) is 14.7. The van der Waals surface area contributed by atoms with Crippen molar-refractivity contribution >= 4 is 9.52 Å². The van der Waals surface area contributed by atoms with Gasteiger partial charge in [0.1, 0.15) is 0 Å². The van der Waals surface area contributed by atoms with Crippen LogP contribution < -0.4 is 0 Å². The van der Waals surface area contributed by atoms with Crippen LogP contribution in [0.3, 0.4) is 0 Å². The van der Waals surface area contributed by atoms with Gasteiger partial charge in [-0.1, -0.05) is 39.8 Å². The van der Waals surface area contributed by atoms with Crippen molar-refractivity contribution in [3.63, 3.8) is 0 Å². The molecule has 0 aromatic carbocycles. The number of allylic oxidation sites excluding steroid dienone is 2. The van der Waals surface area contributed by atoms with E-state index in [-0.39, 0.29) is 9.52 Å². The van der Waals surface area contributed by atoms with E-state index in [2.05, 4.69) is 56.6 Å². The van der Waals surface area contributed by atoms with Crippen LogP contribution in [0.2, 0.25) is 6.04 Å². The monoisotopic (exact) mass is 298 g/mol. The van der Waals surface area contributed by atoms with E-state index in [0.29, 0.717) is 0 Å². The predicted octanol–water partition coefficient (Wildman–Crippen LogP) is 3.68. The van der Waals surface area contributed by atoms with Gasteiger partial charge in [-0.2, -0.15) is 0 Å². The Morgan fingerprint density at radius 2 is 1.20 bits per heavy atom. The molecule has 0 aromatic rings. The van der Waals surface area contributed by atoms with Crippen LogP contribution in [0.1, 0.15) is 60.3 Å². The van der Waals surface area contributed by atoms with Crippen molar-refractivity contribution in [3.8, 4) is 0 Å². The molecule has 0 aliphatic heterocycles. The fraction of sp³-hybridized carbons (Fsp3) is 0.882. The second-order valence-electron chi connectivity index (χ2n) is 5.70. The van der Waals surface area contributed by atoms with Crippen LogP contribution in [-0.4, -0.2) is 51.3 Å². The molecule has 0 saturated carbocycles. The van der Waals surface area contributed by atoms with Gasteiger partial charge in [-0.15, -0.1) is 0 Å². The molecule has 0 aliphatic rings. The molecule has 0 spiro atoms. The van der Waals surface area contributed by atoms with Gasteiger partial charge in [0.25, 0.3) is 0 Å². The minimum absolute atomic E-state index is 0.0968. The molecule has 2 nitrogen and oxygen atoms in total. The molecule has 0 bridgehead atoms. The average Bonchev–Trinajstić information content (AvgIpc) is 2.44. The van der Waals surface area contributed by atoms with Crippen molar-refractivity contribution in [1.29, 1.82) is 0 Å². The maximum absolute atomic E-state index is 2.78. The van der Waals surface area contributed by atoms with Crippen LogP contribution in [0.15, 0.2) is 12.2 Å². The lowest BCUT2D eigenvalue weighted by Gasteiger charge is -2.40. The lowest BCUT2D eigenvalue weighted by Crippen LogP contribution is -2.53. The molecule has 0 atom stereocenters. The van der Waals surface area contributed by atoms with Crippen LogP contribution >= 0.6 is 0 Å². The first-order chi connectivity index (χ1) is 9.74. The van der Waals surface area contributed by atoms with E-state index in [1.54, 1.807) is 0 Å². The fourth-order valence-corrected chi connectivity index (χ4v) is 5.26. The van der Waals surface area contributed by atoms with E-state index < -0.39 is 0 Å². The zero-order chi connectivity index (χ0) is 15.2. The zero-order valence-corrected chi connectivity index (χ0v) is 16.1. The van der Waals surface area contributed by atoms with Crippen LogP contribution in [0.25, 0.3) is 0 Å². The summed E-state index contributed by atoms with van der Waals surface area (Å²) >= 11 is 0. The molecule has 0 saturated heterocycles. The summed E-state index contributed by atoms with van der Waals surface area (Å²) in [5.74, 6) is 0.769. The van der Waals surface area contributed by atoms with Crippen molar-refractivity contribution in [2.24, 2.45) is 0 Å². The largest absolute Gasteiger partial charge is 0.291 e. The van der Waals surface area contributed by atoms with E-state index in [9.17, 15) is 0 Å².